The van der Waals surface area contributed by atoms with Crippen LogP contribution in [0, 0.1) is 6.92 Å². The number of rotatable bonds is 3. The Balaban J connectivity index is 2.25. The molecule has 6 heteroatoms. The van der Waals surface area contributed by atoms with Crippen molar-refractivity contribution in [3.8, 4) is 11.5 Å². The Morgan fingerprint density at radius 1 is 1.35 bits per heavy atom. The molecule has 0 spiro atoms. The molecule has 0 aliphatic carbocycles. The Hall–Kier alpha value is -2.05. The molecule has 102 valence electrons. The van der Waals surface area contributed by atoms with Crippen LogP contribution in [0.5, 0.6) is 0 Å². The van der Waals surface area contributed by atoms with Crippen LogP contribution < -0.4 is 11.3 Å². The molecule has 0 saturated heterocycles. The number of nitrogens with one attached hydrogen (secondary N) is 1. The van der Waals surface area contributed by atoms with Gasteiger partial charge in [0, 0.05) is 11.1 Å². The number of hydrogen-bond donors (Lipinski definition) is 2. The highest BCUT2D eigenvalue weighted by Gasteiger charge is 2.13. The van der Waals surface area contributed by atoms with Gasteiger partial charge in [0.05, 0.1) is 5.39 Å². The van der Waals surface area contributed by atoms with E-state index < -0.39 is 0 Å². The number of pyridine rings is 1. The second kappa shape index (κ2) is 5.15. The molecule has 0 amide bonds. The molecule has 3 heterocycles. The third-order valence-electron chi connectivity index (χ3n) is 3.15. The van der Waals surface area contributed by atoms with E-state index in [1.807, 2.05) is 19.1 Å². The van der Waals surface area contributed by atoms with E-state index in [1.165, 1.54) is 4.88 Å². The second-order valence-electron chi connectivity index (χ2n) is 4.49. The summed E-state index contributed by atoms with van der Waals surface area (Å²) in [5.74, 6) is 6.84. The number of nitrogens with zero attached hydrogens (tertiary/aromatic N) is 3. The zero-order valence-corrected chi connectivity index (χ0v) is 12.2. The van der Waals surface area contributed by atoms with Gasteiger partial charge in [-0.25, -0.2) is 15.8 Å². The molecule has 0 aromatic carbocycles. The van der Waals surface area contributed by atoms with Crippen LogP contribution in [0.3, 0.4) is 0 Å². The van der Waals surface area contributed by atoms with Crippen LogP contribution in [0.15, 0.2) is 24.4 Å². The van der Waals surface area contributed by atoms with Gasteiger partial charge in [-0.05, 0) is 31.0 Å². The summed E-state index contributed by atoms with van der Waals surface area (Å²) in [6.45, 7) is 4.12. The summed E-state index contributed by atoms with van der Waals surface area (Å²) in [7, 11) is 0. The van der Waals surface area contributed by atoms with Crippen LogP contribution in [-0.4, -0.2) is 15.0 Å². The van der Waals surface area contributed by atoms with Crippen molar-refractivity contribution < 1.29 is 0 Å². The van der Waals surface area contributed by atoms with Gasteiger partial charge in [-0.15, -0.1) is 11.3 Å². The predicted molar refractivity (Wildman–Crippen MR) is 82.6 cm³/mol. The lowest BCUT2D eigenvalue weighted by Gasteiger charge is -2.06. The Labute approximate surface area is 120 Å². The maximum atomic E-state index is 5.60. The third-order valence-corrected chi connectivity index (χ3v) is 4.32. The van der Waals surface area contributed by atoms with Crippen molar-refractivity contribution in [2.45, 2.75) is 20.3 Å². The molecule has 0 aliphatic heterocycles. The van der Waals surface area contributed by atoms with Crippen molar-refractivity contribution in [2.24, 2.45) is 5.84 Å². The molecule has 3 N–H and O–H groups in total. The van der Waals surface area contributed by atoms with Crippen LogP contribution in [0.4, 0.5) is 5.82 Å². The average Bonchev–Trinajstić information content (AvgIpc) is 2.89. The molecule has 0 atom stereocenters. The highest BCUT2D eigenvalue weighted by Crippen LogP contribution is 2.31. The lowest BCUT2D eigenvalue weighted by Crippen LogP contribution is -2.10. The van der Waals surface area contributed by atoms with E-state index in [2.05, 4.69) is 33.4 Å². The zero-order chi connectivity index (χ0) is 14.1. The summed E-state index contributed by atoms with van der Waals surface area (Å²) in [6, 6.07) is 5.99. The van der Waals surface area contributed by atoms with Gasteiger partial charge >= 0.3 is 0 Å². The van der Waals surface area contributed by atoms with Gasteiger partial charge in [0.15, 0.2) is 11.6 Å². The summed E-state index contributed by atoms with van der Waals surface area (Å²) in [4.78, 5) is 15.7. The van der Waals surface area contributed by atoms with E-state index in [1.54, 1.807) is 17.5 Å². The number of nitrogens with two attached hydrogens (primary N) is 1. The molecule has 3 rings (SSSR count). The molecule has 0 aliphatic rings. The van der Waals surface area contributed by atoms with E-state index in [0.29, 0.717) is 11.6 Å². The molecule has 0 fully saturated rings. The molecule has 20 heavy (non-hydrogen) atoms. The van der Waals surface area contributed by atoms with Crippen LogP contribution >= 0.6 is 11.3 Å². The summed E-state index contributed by atoms with van der Waals surface area (Å²) in [5, 5.41) is 0.965. The highest BCUT2D eigenvalue weighted by atomic mass is 32.1. The van der Waals surface area contributed by atoms with E-state index in [0.717, 1.165) is 27.9 Å². The van der Waals surface area contributed by atoms with Crippen LogP contribution in [0.1, 0.15) is 17.4 Å². The molecule has 3 aromatic rings. The van der Waals surface area contributed by atoms with Crippen LogP contribution in [0.2, 0.25) is 0 Å². The molecule has 5 nitrogen and oxygen atoms in total. The fourth-order valence-electron chi connectivity index (χ4n) is 2.08. The van der Waals surface area contributed by atoms with E-state index >= 15 is 0 Å². The minimum atomic E-state index is 0.605. The first-order valence-electron chi connectivity index (χ1n) is 6.42. The van der Waals surface area contributed by atoms with Crippen molar-refractivity contribution >= 4 is 27.4 Å². The largest absolute Gasteiger partial charge is 0.308 e. The lowest BCUT2D eigenvalue weighted by atomic mass is 10.2. The molecule has 0 unspecified atom stereocenters. The molecular weight excluding hydrogens is 270 g/mol. The number of anilines is 1. The lowest BCUT2D eigenvalue weighted by molar-refractivity contribution is 1.14. The van der Waals surface area contributed by atoms with E-state index in [9.17, 15) is 0 Å². The summed E-state index contributed by atoms with van der Waals surface area (Å²) >= 11 is 1.67. The molecular formula is C14H15N5S. The Kier molecular flexibility index (Phi) is 3.33. The first-order chi connectivity index (χ1) is 9.72. The highest BCUT2D eigenvalue weighted by molar-refractivity contribution is 7.18. The monoisotopic (exact) mass is 285 g/mol. The van der Waals surface area contributed by atoms with Gasteiger partial charge in [-0.1, -0.05) is 13.0 Å². The van der Waals surface area contributed by atoms with Crippen LogP contribution in [0.25, 0.3) is 21.7 Å². The second-order valence-corrected chi connectivity index (χ2v) is 5.61. The van der Waals surface area contributed by atoms with Gasteiger partial charge in [-0.3, -0.25) is 4.98 Å². The molecule has 3 aromatic heterocycles. The minimum absolute atomic E-state index is 0.605. The van der Waals surface area contributed by atoms with Crippen molar-refractivity contribution in [3.05, 3.63) is 34.8 Å². The average molecular weight is 285 g/mol. The summed E-state index contributed by atoms with van der Waals surface area (Å²) < 4.78 is 0. The Bertz CT molecular complexity index is 765. The number of aromatic nitrogens is 3. The number of fused-ring (bicyclic) bond motifs is 1. The SMILES string of the molecule is CCc1cc2c(NN)nc(-c3ncccc3C)nc2s1. The van der Waals surface area contributed by atoms with Crippen molar-refractivity contribution in [1.82, 2.24) is 15.0 Å². The van der Waals surface area contributed by atoms with Gasteiger partial charge < -0.3 is 5.43 Å². The Morgan fingerprint density at radius 2 is 2.20 bits per heavy atom. The normalized spacial score (nSPS) is 10.9. The van der Waals surface area contributed by atoms with Crippen molar-refractivity contribution in [1.29, 1.82) is 0 Å². The fraction of sp³-hybridized carbons (Fsp3) is 0.214. The number of thiophene rings is 1. The summed E-state index contributed by atoms with van der Waals surface area (Å²) in [5.41, 5.74) is 4.50. The van der Waals surface area contributed by atoms with Gasteiger partial charge in [-0.2, -0.15) is 0 Å². The maximum absolute atomic E-state index is 5.60. The minimum Gasteiger partial charge on any atom is -0.308 e. The Morgan fingerprint density at radius 3 is 2.90 bits per heavy atom. The molecule has 0 radical (unpaired) electrons. The smallest absolute Gasteiger partial charge is 0.181 e. The topological polar surface area (TPSA) is 76.7 Å². The standard InChI is InChI=1S/C14H15N5S/c1-3-9-7-10-12(19-15)17-13(18-14(10)20-9)11-8(2)5-4-6-16-11/h4-7H,3,15H2,1-2H3,(H,17,18,19). The molecule has 0 bridgehead atoms. The maximum Gasteiger partial charge on any atom is 0.181 e. The quantitative estimate of drug-likeness (QED) is 0.571. The van der Waals surface area contributed by atoms with Gasteiger partial charge in [0.1, 0.15) is 10.5 Å². The number of nitrogen functional groups attached to an aromatic ring is 1. The zero-order valence-electron chi connectivity index (χ0n) is 11.3. The first-order valence-corrected chi connectivity index (χ1v) is 7.23. The van der Waals surface area contributed by atoms with Gasteiger partial charge in [0.2, 0.25) is 0 Å². The number of hydrazine groups is 1. The number of hydrogen-bond acceptors (Lipinski definition) is 6. The predicted octanol–water partition coefficient (Wildman–Crippen LogP) is 2.91. The third kappa shape index (κ3) is 2.13. The summed E-state index contributed by atoms with van der Waals surface area (Å²) in [6.07, 6.45) is 2.72. The van der Waals surface area contributed by atoms with Crippen LogP contribution in [-0.2, 0) is 6.42 Å². The van der Waals surface area contributed by atoms with E-state index in [-0.39, 0.29) is 0 Å². The number of aryl methyl sites for hydroxylation is 2. The fourth-order valence-corrected chi connectivity index (χ4v) is 3.05. The van der Waals surface area contributed by atoms with Gasteiger partial charge in [0.25, 0.3) is 0 Å². The first kappa shape index (κ1) is 13.0. The van der Waals surface area contributed by atoms with Crippen molar-refractivity contribution in [2.75, 3.05) is 5.43 Å². The van der Waals surface area contributed by atoms with Crippen molar-refractivity contribution in [3.63, 3.8) is 0 Å². The molecule has 0 saturated carbocycles. The van der Waals surface area contributed by atoms with E-state index in [4.69, 9.17) is 5.84 Å².